The Bertz CT molecular complexity index is 1350. The van der Waals surface area contributed by atoms with Crippen LogP contribution in [0.3, 0.4) is 0 Å². The summed E-state index contributed by atoms with van der Waals surface area (Å²) in [4.78, 5) is 27.0. The minimum atomic E-state index is -0.216. The summed E-state index contributed by atoms with van der Waals surface area (Å²) in [5.74, 6) is 3.84. The molecule has 0 saturated carbocycles. The van der Waals surface area contributed by atoms with E-state index in [1.165, 1.54) is 16.7 Å². The monoisotopic (exact) mass is 606 g/mol. The van der Waals surface area contributed by atoms with Gasteiger partial charge in [-0.05, 0) is 76.5 Å². The van der Waals surface area contributed by atoms with Crippen LogP contribution in [0.15, 0.2) is 53.7 Å². The van der Waals surface area contributed by atoms with Gasteiger partial charge in [-0.3, -0.25) is 19.2 Å². The number of fused-ring (bicyclic) bond motifs is 2. The molecular formula is C30H32BrClN6O. The van der Waals surface area contributed by atoms with Crippen molar-refractivity contribution in [3.63, 3.8) is 0 Å². The summed E-state index contributed by atoms with van der Waals surface area (Å²) in [6.45, 7) is 4.67. The third-order valence-electron chi connectivity index (χ3n) is 8.08. The van der Waals surface area contributed by atoms with E-state index in [2.05, 4.69) is 61.3 Å². The average Bonchev–Trinajstić information content (AvgIpc) is 3.43. The number of rotatable bonds is 3. The zero-order valence-electron chi connectivity index (χ0n) is 21.8. The van der Waals surface area contributed by atoms with Crippen LogP contribution in [-0.2, 0) is 17.6 Å². The Morgan fingerprint density at radius 1 is 1.18 bits per heavy atom. The summed E-state index contributed by atoms with van der Waals surface area (Å²) < 4.78 is 2.78. The van der Waals surface area contributed by atoms with Gasteiger partial charge >= 0.3 is 0 Å². The van der Waals surface area contributed by atoms with Gasteiger partial charge in [0, 0.05) is 85.2 Å². The first-order valence-electron chi connectivity index (χ1n) is 13.7. The second kappa shape index (κ2) is 11.8. The molecule has 1 aromatic carbocycles. The van der Waals surface area contributed by atoms with Crippen molar-refractivity contribution in [3.05, 3.63) is 81.1 Å². The molecule has 2 aromatic heterocycles. The van der Waals surface area contributed by atoms with Gasteiger partial charge in [0.2, 0.25) is 5.91 Å². The minimum absolute atomic E-state index is 0.134. The van der Waals surface area contributed by atoms with E-state index in [0.29, 0.717) is 13.1 Å². The molecule has 1 N–H and O–H groups in total. The van der Waals surface area contributed by atoms with Crippen LogP contribution in [0.5, 0.6) is 0 Å². The number of benzene rings is 1. The molecule has 3 aliphatic rings. The molecule has 0 spiro atoms. The number of nitrogens with one attached hydrogen (secondary N) is 1. The molecule has 7 nitrogen and oxygen atoms in total. The molecule has 6 rings (SSSR count). The van der Waals surface area contributed by atoms with Crippen LogP contribution in [0, 0.1) is 17.9 Å². The predicted octanol–water partition coefficient (Wildman–Crippen LogP) is 3.95. The van der Waals surface area contributed by atoms with E-state index in [9.17, 15) is 4.79 Å². The second-order valence-electron chi connectivity index (χ2n) is 10.7. The molecule has 202 valence electrons. The fourth-order valence-corrected chi connectivity index (χ4v) is 6.72. The first-order chi connectivity index (χ1) is 19.0. The number of hydrogen-bond acceptors (Lipinski definition) is 5. The van der Waals surface area contributed by atoms with Crippen LogP contribution in [0.25, 0.3) is 0 Å². The van der Waals surface area contributed by atoms with Crippen molar-refractivity contribution in [2.45, 2.75) is 37.6 Å². The van der Waals surface area contributed by atoms with Gasteiger partial charge in [0.25, 0.3) is 0 Å². The third kappa shape index (κ3) is 6.07. The molecule has 4 heterocycles. The van der Waals surface area contributed by atoms with E-state index in [1.54, 1.807) is 17.1 Å². The van der Waals surface area contributed by atoms with Gasteiger partial charge in [0.05, 0.1) is 11.7 Å². The van der Waals surface area contributed by atoms with Crippen LogP contribution >= 0.6 is 27.5 Å². The van der Waals surface area contributed by atoms with Gasteiger partial charge < -0.3 is 10.2 Å². The topological polar surface area (TPSA) is 66.3 Å². The van der Waals surface area contributed by atoms with Crippen LogP contribution in [0.1, 0.15) is 41.1 Å². The molecule has 3 aromatic rings. The number of pyridine rings is 1. The van der Waals surface area contributed by atoms with Gasteiger partial charge in [-0.15, -0.1) is 0 Å². The summed E-state index contributed by atoms with van der Waals surface area (Å²) in [6.07, 6.45) is 11.0. The first kappa shape index (κ1) is 26.5. The molecule has 39 heavy (non-hydrogen) atoms. The van der Waals surface area contributed by atoms with Crippen molar-refractivity contribution in [1.82, 2.24) is 29.7 Å². The molecule has 3 atom stereocenters. The van der Waals surface area contributed by atoms with Crippen molar-refractivity contribution in [2.75, 3.05) is 39.3 Å². The number of nitrogens with zero attached hydrogens (tertiary/aromatic N) is 5. The summed E-state index contributed by atoms with van der Waals surface area (Å²) in [5, 5.41) is 4.27. The van der Waals surface area contributed by atoms with Crippen molar-refractivity contribution < 1.29 is 4.79 Å². The second-order valence-corrected chi connectivity index (χ2v) is 12.1. The zero-order chi connectivity index (χ0) is 26.8. The average molecular weight is 608 g/mol. The SMILES string of the molecule is O=C([C@H]1CN(CC2c3ccc(Cl)cc3CCc3cc(Br)cnc32)CCN1)N1CCCC(C#Cn2ccnc2)C1. The normalized spacial score (nSPS) is 23.2. The molecule has 2 fully saturated rings. The number of carbonyl (C=O) groups excluding carboxylic acids is 1. The van der Waals surface area contributed by atoms with Gasteiger partial charge in [0.1, 0.15) is 6.33 Å². The summed E-state index contributed by atoms with van der Waals surface area (Å²) in [5.41, 5.74) is 5.00. The minimum Gasteiger partial charge on any atom is -0.340 e. The smallest absolute Gasteiger partial charge is 0.241 e. The van der Waals surface area contributed by atoms with E-state index in [-0.39, 0.29) is 23.8 Å². The number of imidazole rings is 1. The number of halogens is 2. The molecule has 1 amide bonds. The fraction of sp³-hybridized carbons (Fsp3) is 0.433. The standard InChI is InChI=1S/C30H32BrClN6O/c31-24-14-23-4-3-22-15-25(32)5-6-26(22)27(29(23)35-16-24)18-37-13-9-34-28(19-37)30(39)38-10-1-2-21(17-38)7-11-36-12-8-33-20-36/h5-6,8,12,14-16,20-21,27-28,34H,1-4,9-10,13,17-19H2/t21?,27?,28-/m1/s1. The highest BCUT2D eigenvalue weighted by Crippen LogP contribution is 2.36. The number of aromatic nitrogens is 3. The van der Waals surface area contributed by atoms with Crippen molar-refractivity contribution >= 4 is 33.4 Å². The Labute approximate surface area is 243 Å². The predicted molar refractivity (Wildman–Crippen MR) is 156 cm³/mol. The maximum Gasteiger partial charge on any atom is 0.241 e. The molecular weight excluding hydrogens is 576 g/mol. The number of carbonyl (C=O) groups is 1. The van der Waals surface area contributed by atoms with Gasteiger partial charge in [-0.1, -0.05) is 23.6 Å². The number of amides is 1. The lowest BCUT2D eigenvalue weighted by Gasteiger charge is -2.39. The Balaban J connectivity index is 1.17. The molecule has 2 unspecified atom stereocenters. The summed E-state index contributed by atoms with van der Waals surface area (Å²) in [6, 6.07) is 11.4. The van der Waals surface area contributed by atoms with Crippen molar-refractivity contribution in [3.8, 4) is 12.0 Å². The van der Waals surface area contributed by atoms with Gasteiger partial charge in [-0.25, -0.2) is 4.98 Å². The maximum atomic E-state index is 13.6. The molecule has 2 aliphatic heterocycles. The lowest BCUT2D eigenvalue weighted by atomic mass is 9.90. The zero-order valence-corrected chi connectivity index (χ0v) is 24.2. The highest BCUT2D eigenvalue weighted by Gasteiger charge is 2.34. The van der Waals surface area contributed by atoms with E-state index in [1.807, 2.05) is 23.4 Å². The maximum absolute atomic E-state index is 13.6. The number of hydrogen-bond donors (Lipinski definition) is 1. The largest absolute Gasteiger partial charge is 0.340 e. The van der Waals surface area contributed by atoms with E-state index in [0.717, 1.165) is 67.1 Å². The third-order valence-corrected chi connectivity index (χ3v) is 8.74. The van der Waals surface area contributed by atoms with E-state index >= 15 is 0 Å². The highest BCUT2D eigenvalue weighted by atomic mass is 79.9. The quantitative estimate of drug-likeness (QED) is 0.457. The molecule has 2 saturated heterocycles. The first-order valence-corrected chi connectivity index (χ1v) is 14.9. The Morgan fingerprint density at radius 3 is 2.95 bits per heavy atom. The van der Waals surface area contributed by atoms with Gasteiger partial charge in [0.15, 0.2) is 0 Å². The Morgan fingerprint density at radius 2 is 2.08 bits per heavy atom. The Kier molecular flexibility index (Phi) is 8.03. The van der Waals surface area contributed by atoms with Crippen LogP contribution in [0.4, 0.5) is 0 Å². The fourth-order valence-electron chi connectivity index (χ4n) is 6.14. The molecule has 1 aliphatic carbocycles. The Hall–Kier alpha value is -2.70. The lowest BCUT2D eigenvalue weighted by molar-refractivity contribution is -0.136. The van der Waals surface area contributed by atoms with Crippen molar-refractivity contribution in [1.29, 1.82) is 0 Å². The molecule has 0 bridgehead atoms. The van der Waals surface area contributed by atoms with Gasteiger partial charge in [-0.2, -0.15) is 0 Å². The number of likely N-dealkylation sites (tertiary alicyclic amines) is 1. The van der Waals surface area contributed by atoms with Crippen LogP contribution in [-0.4, -0.2) is 75.6 Å². The van der Waals surface area contributed by atoms with E-state index in [4.69, 9.17) is 16.6 Å². The van der Waals surface area contributed by atoms with Crippen molar-refractivity contribution in [2.24, 2.45) is 5.92 Å². The lowest BCUT2D eigenvalue weighted by Crippen LogP contribution is -2.59. The number of aryl methyl sites for hydroxylation is 2. The van der Waals surface area contributed by atoms with Crippen LogP contribution in [0.2, 0.25) is 5.02 Å². The molecule has 0 radical (unpaired) electrons. The molecule has 9 heteroatoms. The highest BCUT2D eigenvalue weighted by molar-refractivity contribution is 9.10. The summed E-state index contributed by atoms with van der Waals surface area (Å²) >= 11 is 10.0. The van der Waals surface area contributed by atoms with E-state index < -0.39 is 0 Å². The summed E-state index contributed by atoms with van der Waals surface area (Å²) in [7, 11) is 0. The number of piperazine rings is 1. The number of piperidine rings is 1. The van der Waals surface area contributed by atoms with Crippen LogP contribution < -0.4 is 5.32 Å².